The predicted octanol–water partition coefficient (Wildman–Crippen LogP) is 1.88. The third-order valence-corrected chi connectivity index (χ3v) is 2.80. The Balaban J connectivity index is 2.22. The maximum absolute atomic E-state index is 11.9. The van der Waals surface area contributed by atoms with Gasteiger partial charge in [-0.15, -0.1) is 0 Å². The number of hydrogen-bond acceptors (Lipinski definition) is 3. The van der Waals surface area contributed by atoms with Crippen LogP contribution < -0.4 is 4.74 Å². The molecule has 4 heteroatoms. The smallest absolute Gasteiger partial charge is 0.260 e. The summed E-state index contributed by atoms with van der Waals surface area (Å²) in [5.41, 5.74) is 0.248. The van der Waals surface area contributed by atoms with Crippen LogP contribution in [0.2, 0.25) is 0 Å². The highest BCUT2D eigenvalue weighted by Crippen LogP contribution is 2.33. The molecule has 4 nitrogen and oxygen atoms in total. The largest absolute Gasteiger partial charge is 0.507 e. The molecular weight excluding hydrogens is 218 g/mol. The summed E-state index contributed by atoms with van der Waals surface area (Å²) < 4.78 is 5.61. The Bertz CT molecular complexity index is 425. The first-order valence-corrected chi connectivity index (χ1v) is 5.76. The van der Waals surface area contributed by atoms with Crippen LogP contribution in [0.1, 0.15) is 23.2 Å². The van der Waals surface area contributed by atoms with Gasteiger partial charge in [0.05, 0.1) is 6.61 Å². The number of hydrogen-bond donors (Lipinski definition) is 1. The Labute approximate surface area is 101 Å². The average molecular weight is 235 g/mol. The summed E-state index contributed by atoms with van der Waals surface area (Å²) >= 11 is 0. The highest BCUT2D eigenvalue weighted by Gasteiger charge is 2.24. The molecule has 2 rings (SSSR count). The number of ether oxygens (including phenoxy) is 1. The molecular formula is C13H17NO3. The van der Waals surface area contributed by atoms with Gasteiger partial charge >= 0.3 is 0 Å². The molecule has 1 aliphatic carbocycles. The summed E-state index contributed by atoms with van der Waals surface area (Å²) in [4.78, 5) is 13.4. The van der Waals surface area contributed by atoms with Gasteiger partial charge in [0.15, 0.2) is 0 Å². The van der Waals surface area contributed by atoms with Gasteiger partial charge in [-0.05, 0) is 30.9 Å². The molecule has 0 unspecified atom stereocenters. The zero-order valence-corrected chi connectivity index (χ0v) is 10.1. The lowest BCUT2D eigenvalue weighted by Gasteiger charge is -2.15. The third-order valence-electron chi connectivity index (χ3n) is 2.80. The van der Waals surface area contributed by atoms with E-state index in [2.05, 4.69) is 0 Å². The summed E-state index contributed by atoms with van der Waals surface area (Å²) in [6, 6.07) is 4.91. The molecule has 0 aliphatic heterocycles. The second-order valence-electron chi connectivity index (χ2n) is 4.60. The van der Waals surface area contributed by atoms with Crippen LogP contribution in [0.4, 0.5) is 0 Å². The fourth-order valence-electron chi connectivity index (χ4n) is 1.57. The minimum absolute atomic E-state index is 0.0306. The second kappa shape index (κ2) is 4.65. The van der Waals surface area contributed by atoms with Crippen LogP contribution in [0.5, 0.6) is 11.5 Å². The summed E-state index contributed by atoms with van der Waals surface area (Å²) in [6.45, 7) is 0.622. The van der Waals surface area contributed by atoms with Crippen molar-refractivity contribution in [1.29, 1.82) is 0 Å². The average Bonchev–Trinajstić information content (AvgIpc) is 3.09. The van der Waals surface area contributed by atoms with Gasteiger partial charge in [-0.25, -0.2) is 0 Å². The number of aromatic hydroxyl groups is 1. The van der Waals surface area contributed by atoms with Crippen LogP contribution in [0.15, 0.2) is 18.2 Å². The topological polar surface area (TPSA) is 49.8 Å². The molecule has 0 radical (unpaired) electrons. The van der Waals surface area contributed by atoms with Crippen molar-refractivity contribution in [2.45, 2.75) is 12.8 Å². The first-order valence-electron chi connectivity index (χ1n) is 5.76. The molecule has 1 aromatic carbocycles. The van der Waals surface area contributed by atoms with Gasteiger partial charge in [-0.1, -0.05) is 6.07 Å². The van der Waals surface area contributed by atoms with Gasteiger partial charge < -0.3 is 14.7 Å². The molecule has 1 aliphatic rings. The number of rotatable bonds is 4. The standard InChI is InChI=1S/C13H17NO3/c1-14(2)13(16)12-10(15)4-3-5-11(12)17-8-9-6-7-9/h3-5,9,15H,6-8H2,1-2H3. The predicted molar refractivity (Wildman–Crippen MR) is 64.3 cm³/mol. The van der Waals surface area contributed by atoms with Crippen molar-refractivity contribution >= 4 is 5.91 Å². The van der Waals surface area contributed by atoms with E-state index in [1.165, 1.54) is 23.8 Å². The van der Waals surface area contributed by atoms with Crippen molar-refractivity contribution in [3.63, 3.8) is 0 Å². The van der Waals surface area contributed by atoms with Crippen molar-refractivity contribution in [3.05, 3.63) is 23.8 Å². The molecule has 0 heterocycles. The first kappa shape index (κ1) is 11.8. The minimum atomic E-state index is -0.242. The van der Waals surface area contributed by atoms with Crippen molar-refractivity contribution in [2.24, 2.45) is 5.92 Å². The van der Waals surface area contributed by atoms with E-state index in [-0.39, 0.29) is 17.2 Å². The lowest BCUT2D eigenvalue weighted by atomic mass is 10.1. The van der Waals surface area contributed by atoms with Crippen molar-refractivity contribution < 1.29 is 14.6 Å². The Morgan fingerprint density at radius 3 is 2.76 bits per heavy atom. The highest BCUT2D eigenvalue weighted by atomic mass is 16.5. The lowest BCUT2D eigenvalue weighted by Crippen LogP contribution is -2.22. The monoisotopic (exact) mass is 235 g/mol. The molecule has 1 amide bonds. The summed E-state index contributed by atoms with van der Waals surface area (Å²) in [5.74, 6) is 0.807. The van der Waals surface area contributed by atoms with Crippen LogP contribution in [-0.2, 0) is 0 Å². The number of amides is 1. The fourth-order valence-corrected chi connectivity index (χ4v) is 1.57. The Hall–Kier alpha value is -1.71. The van der Waals surface area contributed by atoms with Gasteiger partial charge in [-0.2, -0.15) is 0 Å². The Morgan fingerprint density at radius 1 is 1.47 bits per heavy atom. The SMILES string of the molecule is CN(C)C(=O)c1c(O)cccc1OCC1CC1. The zero-order chi connectivity index (χ0) is 12.4. The molecule has 0 aromatic heterocycles. The zero-order valence-electron chi connectivity index (χ0n) is 10.1. The molecule has 1 N–H and O–H groups in total. The van der Waals surface area contributed by atoms with Crippen LogP contribution in [0.3, 0.4) is 0 Å². The second-order valence-corrected chi connectivity index (χ2v) is 4.60. The van der Waals surface area contributed by atoms with E-state index in [9.17, 15) is 9.90 Å². The first-order chi connectivity index (χ1) is 8.09. The van der Waals surface area contributed by atoms with Gasteiger partial charge in [-0.3, -0.25) is 4.79 Å². The van der Waals surface area contributed by atoms with Crippen molar-refractivity contribution in [3.8, 4) is 11.5 Å². The van der Waals surface area contributed by atoms with Crippen LogP contribution in [0, 0.1) is 5.92 Å². The van der Waals surface area contributed by atoms with Crippen molar-refractivity contribution in [2.75, 3.05) is 20.7 Å². The lowest BCUT2D eigenvalue weighted by molar-refractivity contribution is 0.0819. The third kappa shape index (κ3) is 2.70. The van der Waals surface area contributed by atoms with Gasteiger partial charge in [0.2, 0.25) is 0 Å². The number of nitrogens with zero attached hydrogens (tertiary/aromatic N) is 1. The molecule has 17 heavy (non-hydrogen) atoms. The molecule has 0 saturated heterocycles. The maximum Gasteiger partial charge on any atom is 0.260 e. The van der Waals surface area contributed by atoms with Crippen LogP contribution in [-0.4, -0.2) is 36.6 Å². The number of phenols is 1. The Kier molecular flexibility index (Phi) is 3.22. The van der Waals surface area contributed by atoms with Crippen LogP contribution >= 0.6 is 0 Å². The summed E-state index contributed by atoms with van der Waals surface area (Å²) in [7, 11) is 3.30. The maximum atomic E-state index is 11.9. The molecule has 1 saturated carbocycles. The molecule has 1 aromatic rings. The van der Waals surface area contributed by atoms with Crippen LogP contribution in [0.25, 0.3) is 0 Å². The number of phenolic OH excluding ortho intramolecular Hbond substituents is 1. The Morgan fingerprint density at radius 2 is 2.18 bits per heavy atom. The number of carbonyl (C=O) groups is 1. The van der Waals surface area contributed by atoms with E-state index >= 15 is 0 Å². The van der Waals surface area contributed by atoms with Gasteiger partial charge in [0.1, 0.15) is 17.1 Å². The van der Waals surface area contributed by atoms with E-state index < -0.39 is 0 Å². The molecule has 92 valence electrons. The van der Waals surface area contributed by atoms with E-state index in [1.54, 1.807) is 26.2 Å². The van der Waals surface area contributed by atoms with E-state index in [1.807, 2.05) is 0 Å². The van der Waals surface area contributed by atoms with Gasteiger partial charge in [0, 0.05) is 14.1 Å². The molecule has 0 bridgehead atoms. The normalized spacial score (nSPS) is 14.5. The summed E-state index contributed by atoms with van der Waals surface area (Å²) in [6.07, 6.45) is 2.38. The molecule has 0 atom stereocenters. The highest BCUT2D eigenvalue weighted by molar-refractivity contribution is 5.99. The number of carbonyl (C=O) groups excluding carboxylic acids is 1. The molecule has 0 spiro atoms. The van der Waals surface area contributed by atoms with Gasteiger partial charge in [0.25, 0.3) is 5.91 Å². The quantitative estimate of drug-likeness (QED) is 0.867. The van der Waals surface area contributed by atoms with Crippen molar-refractivity contribution in [1.82, 2.24) is 4.90 Å². The minimum Gasteiger partial charge on any atom is -0.507 e. The fraction of sp³-hybridized carbons (Fsp3) is 0.462. The summed E-state index contributed by atoms with van der Waals surface area (Å²) in [5, 5.41) is 9.76. The van der Waals surface area contributed by atoms with E-state index in [4.69, 9.17) is 4.74 Å². The van der Waals surface area contributed by atoms with E-state index in [0.29, 0.717) is 18.3 Å². The molecule has 1 fully saturated rings. The van der Waals surface area contributed by atoms with E-state index in [0.717, 1.165) is 0 Å². The number of benzene rings is 1.